The van der Waals surface area contributed by atoms with Gasteiger partial charge in [-0.15, -0.1) is 0 Å². The lowest BCUT2D eigenvalue weighted by Gasteiger charge is -2.18. The van der Waals surface area contributed by atoms with Crippen LogP contribution in [0.2, 0.25) is 0 Å². The van der Waals surface area contributed by atoms with Gasteiger partial charge in [0, 0.05) is 5.56 Å². The Labute approximate surface area is 164 Å². The normalized spacial score (nSPS) is 12.1. The number of fused-ring (bicyclic) bond motifs is 1. The van der Waals surface area contributed by atoms with E-state index in [9.17, 15) is 4.79 Å². The van der Waals surface area contributed by atoms with E-state index in [1.165, 1.54) is 0 Å². The lowest BCUT2D eigenvalue weighted by atomic mass is 10.0. The molecule has 1 amide bonds. The number of para-hydroxylation sites is 2. The number of H-pyrrole nitrogens is 1. The zero-order valence-electron chi connectivity index (χ0n) is 16.1. The highest BCUT2D eigenvalue weighted by Gasteiger charge is 2.21. The molecule has 1 unspecified atom stereocenters. The van der Waals surface area contributed by atoms with Gasteiger partial charge in [-0.05, 0) is 49.6 Å². The lowest BCUT2D eigenvalue weighted by molar-refractivity contribution is 0.0934. The van der Waals surface area contributed by atoms with Crippen LogP contribution in [0.3, 0.4) is 0 Å². The number of carbonyl (C=O) groups excluding carboxylic acids is 1. The molecule has 0 spiro atoms. The van der Waals surface area contributed by atoms with Gasteiger partial charge in [0.25, 0.3) is 5.91 Å². The molecule has 4 rings (SSSR count). The number of aryl methyl sites for hydroxylation is 2. The van der Waals surface area contributed by atoms with Gasteiger partial charge in [0.2, 0.25) is 0 Å². The number of imidazole rings is 1. The molecule has 0 aliphatic carbocycles. The standard InChI is InChI=1S/C24H23N3O/c1-16-12-13-17(2)19(14-16)24(28)27-22(15-18-8-4-3-5-9-18)23-25-20-10-6-7-11-21(20)26-23/h3-14,22H,15H2,1-2H3,(H,25,26)(H,27,28). The third-order valence-corrected chi connectivity index (χ3v) is 4.96. The van der Waals surface area contributed by atoms with Gasteiger partial charge in [0.15, 0.2) is 0 Å². The van der Waals surface area contributed by atoms with E-state index in [1.54, 1.807) is 0 Å². The Bertz CT molecular complexity index is 1080. The van der Waals surface area contributed by atoms with Gasteiger partial charge in [-0.25, -0.2) is 4.98 Å². The average molecular weight is 369 g/mol. The number of nitrogens with zero attached hydrogens (tertiary/aromatic N) is 1. The van der Waals surface area contributed by atoms with Crippen molar-refractivity contribution in [2.45, 2.75) is 26.3 Å². The molecule has 0 saturated carbocycles. The quantitative estimate of drug-likeness (QED) is 0.526. The van der Waals surface area contributed by atoms with Crippen LogP contribution in [-0.2, 0) is 6.42 Å². The minimum Gasteiger partial charge on any atom is -0.342 e. The highest BCUT2D eigenvalue weighted by molar-refractivity contribution is 5.96. The van der Waals surface area contributed by atoms with Crippen molar-refractivity contribution in [3.63, 3.8) is 0 Å². The number of hydrogen-bond donors (Lipinski definition) is 2. The molecule has 0 bridgehead atoms. The molecule has 1 heterocycles. The van der Waals surface area contributed by atoms with Crippen LogP contribution < -0.4 is 5.32 Å². The van der Waals surface area contributed by atoms with Crippen LogP contribution in [0.25, 0.3) is 11.0 Å². The first-order chi connectivity index (χ1) is 13.6. The molecular weight excluding hydrogens is 346 g/mol. The molecule has 4 aromatic rings. The summed E-state index contributed by atoms with van der Waals surface area (Å²) >= 11 is 0. The summed E-state index contributed by atoms with van der Waals surface area (Å²) in [7, 11) is 0. The summed E-state index contributed by atoms with van der Waals surface area (Å²) in [4.78, 5) is 21.2. The van der Waals surface area contributed by atoms with Crippen molar-refractivity contribution in [2.75, 3.05) is 0 Å². The van der Waals surface area contributed by atoms with E-state index in [4.69, 9.17) is 4.98 Å². The van der Waals surface area contributed by atoms with Crippen molar-refractivity contribution < 1.29 is 4.79 Å². The van der Waals surface area contributed by atoms with Crippen LogP contribution >= 0.6 is 0 Å². The lowest BCUT2D eigenvalue weighted by Crippen LogP contribution is -2.31. The molecule has 4 nitrogen and oxygen atoms in total. The van der Waals surface area contributed by atoms with Crippen LogP contribution in [0.4, 0.5) is 0 Å². The maximum atomic E-state index is 13.1. The number of nitrogens with one attached hydrogen (secondary N) is 2. The SMILES string of the molecule is Cc1ccc(C)c(C(=O)NC(Cc2ccccc2)c2nc3ccccc3[nH]2)c1. The van der Waals surface area contributed by atoms with Crippen LogP contribution in [0.5, 0.6) is 0 Å². The Kier molecular flexibility index (Phi) is 4.94. The molecule has 3 aromatic carbocycles. The molecule has 0 saturated heterocycles. The smallest absolute Gasteiger partial charge is 0.252 e. The van der Waals surface area contributed by atoms with E-state index in [1.807, 2.05) is 74.5 Å². The second-order valence-corrected chi connectivity index (χ2v) is 7.17. The molecular formula is C24H23N3O. The fourth-order valence-corrected chi connectivity index (χ4v) is 3.42. The average Bonchev–Trinajstić information content (AvgIpc) is 3.14. The largest absolute Gasteiger partial charge is 0.342 e. The number of aromatic nitrogens is 2. The third kappa shape index (κ3) is 3.81. The van der Waals surface area contributed by atoms with E-state index in [-0.39, 0.29) is 11.9 Å². The number of benzene rings is 3. The zero-order valence-corrected chi connectivity index (χ0v) is 16.1. The van der Waals surface area contributed by atoms with E-state index >= 15 is 0 Å². The Morgan fingerprint density at radius 1 is 1.00 bits per heavy atom. The highest BCUT2D eigenvalue weighted by atomic mass is 16.1. The summed E-state index contributed by atoms with van der Waals surface area (Å²) in [6, 6.07) is 23.8. The van der Waals surface area contributed by atoms with Gasteiger partial charge in [0.05, 0.1) is 17.1 Å². The summed E-state index contributed by atoms with van der Waals surface area (Å²) in [5.41, 5.74) is 5.75. The Balaban J connectivity index is 1.68. The first-order valence-corrected chi connectivity index (χ1v) is 9.47. The van der Waals surface area contributed by atoms with E-state index in [0.717, 1.165) is 33.5 Å². The summed E-state index contributed by atoms with van der Waals surface area (Å²) in [6.07, 6.45) is 0.664. The van der Waals surface area contributed by atoms with Crippen molar-refractivity contribution in [1.82, 2.24) is 15.3 Å². The van der Waals surface area contributed by atoms with Gasteiger partial charge in [0.1, 0.15) is 5.82 Å². The second-order valence-electron chi connectivity index (χ2n) is 7.17. The summed E-state index contributed by atoms with van der Waals surface area (Å²) in [6.45, 7) is 3.96. The van der Waals surface area contributed by atoms with E-state index < -0.39 is 0 Å². The molecule has 1 aromatic heterocycles. The molecule has 0 radical (unpaired) electrons. The molecule has 4 heteroatoms. The number of amides is 1. The molecule has 0 aliphatic rings. The number of rotatable bonds is 5. The van der Waals surface area contributed by atoms with Gasteiger partial charge in [-0.2, -0.15) is 0 Å². The topological polar surface area (TPSA) is 57.8 Å². The second kappa shape index (κ2) is 7.69. The van der Waals surface area contributed by atoms with Crippen molar-refractivity contribution in [3.05, 3.63) is 101 Å². The van der Waals surface area contributed by atoms with Crippen LogP contribution in [0.1, 0.15) is 38.9 Å². The number of carbonyl (C=O) groups is 1. The maximum Gasteiger partial charge on any atom is 0.252 e. The van der Waals surface area contributed by atoms with Crippen molar-refractivity contribution in [2.24, 2.45) is 0 Å². The van der Waals surface area contributed by atoms with E-state index in [0.29, 0.717) is 12.0 Å². The van der Waals surface area contributed by atoms with Gasteiger partial charge in [-0.3, -0.25) is 4.79 Å². The molecule has 0 aliphatic heterocycles. The van der Waals surface area contributed by atoms with Gasteiger partial charge < -0.3 is 10.3 Å². The summed E-state index contributed by atoms with van der Waals surface area (Å²) < 4.78 is 0. The molecule has 2 N–H and O–H groups in total. The Morgan fingerprint density at radius 3 is 2.54 bits per heavy atom. The summed E-state index contributed by atoms with van der Waals surface area (Å²) in [5.74, 6) is 0.686. The molecule has 1 atom stereocenters. The van der Waals surface area contributed by atoms with Crippen molar-refractivity contribution >= 4 is 16.9 Å². The minimum absolute atomic E-state index is 0.0809. The third-order valence-electron chi connectivity index (χ3n) is 4.96. The van der Waals surface area contributed by atoms with Crippen molar-refractivity contribution in [1.29, 1.82) is 0 Å². The first-order valence-electron chi connectivity index (χ1n) is 9.47. The number of aromatic amines is 1. The molecule has 140 valence electrons. The van der Waals surface area contributed by atoms with Gasteiger partial charge >= 0.3 is 0 Å². The predicted molar refractivity (Wildman–Crippen MR) is 112 cm³/mol. The zero-order chi connectivity index (χ0) is 19.5. The Morgan fingerprint density at radius 2 is 1.75 bits per heavy atom. The molecule has 0 fully saturated rings. The fourth-order valence-electron chi connectivity index (χ4n) is 3.42. The Hall–Kier alpha value is -3.40. The van der Waals surface area contributed by atoms with Gasteiger partial charge in [-0.1, -0.05) is 60.2 Å². The first kappa shape index (κ1) is 18.0. The fraction of sp³-hybridized carbons (Fsp3) is 0.167. The van der Waals surface area contributed by atoms with Crippen LogP contribution in [-0.4, -0.2) is 15.9 Å². The summed E-state index contributed by atoms with van der Waals surface area (Å²) in [5, 5.41) is 3.19. The van der Waals surface area contributed by atoms with Crippen molar-refractivity contribution in [3.8, 4) is 0 Å². The minimum atomic E-state index is -0.248. The molecule has 28 heavy (non-hydrogen) atoms. The maximum absolute atomic E-state index is 13.1. The van der Waals surface area contributed by atoms with E-state index in [2.05, 4.69) is 22.4 Å². The number of hydrogen-bond acceptors (Lipinski definition) is 2. The monoisotopic (exact) mass is 369 g/mol. The van der Waals surface area contributed by atoms with Crippen LogP contribution in [0, 0.1) is 13.8 Å². The highest BCUT2D eigenvalue weighted by Crippen LogP contribution is 2.21. The predicted octanol–water partition coefficient (Wildman–Crippen LogP) is 4.89. The van der Waals surface area contributed by atoms with Crippen LogP contribution in [0.15, 0.2) is 72.8 Å².